The largest absolute Gasteiger partial charge is 0.296 e. The highest BCUT2D eigenvalue weighted by Crippen LogP contribution is 2.27. The molecule has 9 heteroatoms. The van der Waals surface area contributed by atoms with E-state index in [1.165, 1.54) is 4.90 Å². The Morgan fingerprint density at radius 1 is 1.53 bits per heavy atom. The number of carbonyl (C=O) groups excluding carboxylic acids is 1. The molecule has 104 valence electrons. The first-order chi connectivity index (χ1) is 8.76. The zero-order valence-electron chi connectivity index (χ0n) is 9.71. The fourth-order valence-electron chi connectivity index (χ4n) is 2.00. The molecule has 1 atom stereocenters. The van der Waals surface area contributed by atoms with Crippen molar-refractivity contribution in [2.45, 2.75) is 6.42 Å². The summed E-state index contributed by atoms with van der Waals surface area (Å²) in [5.41, 5.74) is 0. The lowest BCUT2D eigenvalue weighted by atomic mass is 10.1. The maximum absolute atomic E-state index is 11.9. The Balaban J connectivity index is 2.18. The van der Waals surface area contributed by atoms with Gasteiger partial charge in [0, 0.05) is 18.9 Å². The topological polar surface area (TPSA) is 93.4 Å². The van der Waals surface area contributed by atoms with Gasteiger partial charge in [0.25, 0.3) is 0 Å². The van der Waals surface area contributed by atoms with E-state index in [0.29, 0.717) is 17.5 Å². The molecule has 0 radical (unpaired) electrons. The van der Waals surface area contributed by atoms with Crippen molar-refractivity contribution in [3.63, 3.8) is 0 Å². The standard InChI is InChI=1S/C10H11ClIN3O3S/c11-10-7(12)1-2-8(14-10)15-4-6(3-9(15)16)5-19(13,17)18/h1-2,6H,3-5H2,(H2,13,17,18). The molecular formula is C10H11ClIN3O3S. The monoisotopic (exact) mass is 415 g/mol. The van der Waals surface area contributed by atoms with Crippen molar-refractivity contribution >= 4 is 55.9 Å². The van der Waals surface area contributed by atoms with Crippen LogP contribution in [0, 0.1) is 9.49 Å². The third kappa shape index (κ3) is 3.77. The third-order valence-electron chi connectivity index (χ3n) is 2.74. The summed E-state index contributed by atoms with van der Waals surface area (Å²) in [6.07, 6.45) is 0.154. The normalized spacial score (nSPS) is 20.1. The number of carbonyl (C=O) groups is 1. The first-order valence-corrected chi connectivity index (χ1v) is 8.56. The van der Waals surface area contributed by atoms with E-state index in [0.717, 1.165) is 3.57 Å². The molecule has 0 saturated carbocycles. The van der Waals surface area contributed by atoms with E-state index in [4.69, 9.17) is 16.7 Å². The number of amides is 1. The summed E-state index contributed by atoms with van der Waals surface area (Å²) in [5.74, 6) is -0.235. The minimum atomic E-state index is -3.58. The van der Waals surface area contributed by atoms with Crippen molar-refractivity contribution < 1.29 is 13.2 Å². The van der Waals surface area contributed by atoms with Crippen LogP contribution in [0.1, 0.15) is 6.42 Å². The number of primary sulfonamides is 1. The fraction of sp³-hybridized carbons (Fsp3) is 0.400. The Morgan fingerprint density at radius 2 is 2.21 bits per heavy atom. The van der Waals surface area contributed by atoms with E-state index in [1.54, 1.807) is 12.1 Å². The summed E-state index contributed by atoms with van der Waals surface area (Å²) in [5, 5.41) is 5.31. The van der Waals surface area contributed by atoms with Crippen LogP contribution in [0.15, 0.2) is 12.1 Å². The molecule has 2 rings (SSSR count). The molecule has 1 aromatic rings. The van der Waals surface area contributed by atoms with E-state index in [-0.39, 0.29) is 24.0 Å². The number of nitrogens with two attached hydrogens (primary N) is 1. The Bertz CT molecular complexity index is 622. The van der Waals surface area contributed by atoms with Gasteiger partial charge < -0.3 is 0 Å². The van der Waals surface area contributed by atoms with Crippen LogP contribution in [0.5, 0.6) is 0 Å². The number of nitrogens with zero attached hydrogens (tertiary/aromatic N) is 2. The first kappa shape index (κ1) is 14.9. The molecule has 2 N–H and O–H groups in total. The van der Waals surface area contributed by atoms with Gasteiger partial charge in [-0.3, -0.25) is 9.69 Å². The van der Waals surface area contributed by atoms with Crippen molar-refractivity contribution in [2.24, 2.45) is 11.1 Å². The minimum absolute atomic E-state index is 0.154. The molecule has 0 aliphatic carbocycles. The number of sulfonamides is 1. The highest BCUT2D eigenvalue weighted by molar-refractivity contribution is 14.1. The van der Waals surface area contributed by atoms with E-state index in [9.17, 15) is 13.2 Å². The maximum Gasteiger partial charge on any atom is 0.228 e. The lowest BCUT2D eigenvalue weighted by Gasteiger charge is -2.15. The zero-order valence-corrected chi connectivity index (χ0v) is 13.4. The van der Waals surface area contributed by atoms with Crippen LogP contribution in [0.4, 0.5) is 5.82 Å². The molecule has 6 nitrogen and oxygen atoms in total. The Hall–Kier alpha value is -0.450. The van der Waals surface area contributed by atoms with Gasteiger partial charge in [0.15, 0.2) is 0 Å². The molecule has 1 amide bonds. The van der Waals surface area contributed by atoms with Crippen LogP contribution in [0.2, 0.25) is 5.15 Å². The lowest BCUT2D eigenvalue weighted by Crippen LogP contribution is -2.28. The number of hydrogen-bond donors (Lipinski definition) is 1. The molecule has 2 heterocycles. The van der Waals surface area contributed by atoms with Crippen LogP contribution in [0.25, 0.3) is 0 Å². The van der Waals surface area contributed by atoms with E-state index < -0.39 is 10.0 Å². The molecule has 1 saturated heterocycles. The van der Waals surface area contributed by atoms with Crippen molar-refractivity contribution in [1.29, 1.82) is 0 Å². The van der Waals surface area contributed by atoms with Crippen LogP contribution in [0.3, 0.4) is 0 Å². The van der Waals surface area contributed by atoms with Gasteiger partial charge in [0.05, 0.1) is 9.32 Å². The van der Waals surface area contributed by atoms with Crippen molar-refractivity contribution in [3.8, 4) is 0 Å². The maximum atomic E-state index is 11.9. The molecule has 19 heavy (non-hydrogen) atoms. The molecule has 1 aromatic heterocycles. The smallest absolute Gasteiger partial charge is 0.228 e. The molecule has 0 aromatic carbocycles. The van der Waals surface area contributed by atoms with Crippen LogP contribution in [-0.2, 0) is 14.8 Å². The summed E-state index contributed by atoms with van der Waals surface area (Å²) >= 11 is 7.95. The third-order valence-corrected chi connectivity index (χ3v) is 5.15. The summed E-state index contributed by atoms with van der Waals surface area (Å²) in [6, 6.07) is 3.44. The Morgan fingerprint density at radius 3 is 2.79 bits per heavy atom. The number of rotatable bonds is 3. The average molecular weight is 416 g/mol. The van der Waals surface area contributed by atoms with Crippen LogP contribution in [-0.4, -0.2) is 31.6 Å². The molecule has 0 bridgehead atoms. The number of pyridine rings is 1. The Kier molecular flexibility index (Phi) is 4.33. The van der Waals surface area contributed by atoms with Gasteiger partial charge in [-0.25, -0.2) is 18.5 Å². The second-order valence-corrected chi connectivity index (χ2v) is 7.53. The lowest BCUT2D eigenvalue weighted by molar-refractivity contribution is -0.117. The fourth-order valence-corrected chi connectivity index (χ4v) is 3.33. The minimum Gasteiger partial charge on any atom is -0.296 e. The van der Waals surface area contributed by atoms with Crippen molar-refractivity contribution in [1.82, 2.24) is 4.98 Å². The van der Waals surface area contributed by atoms with E-state index >= 15 is 0 Å². The highest BCUT2D eigenvalue weighted by atomic mass is 127. The van der Waals surface area contributed by atoms with Gasteiger partial charge in [0.2, 0.25) is 15.9 Å². The van der Waals surface area contributed by atoms with Crippen LogP contribution >= 0.6 is 34.2 Å². The van der Waals surface area contributed by atoms with E-state index in [2.05, 4.69) is 4.98 Å². The highest BCUT2D eigenvalue weighted by Gasteiger charge is 2.33. The van der Waals surface area contributed by atoms with Crippen LogP contribution < -0.4 is 10.0 Å². The summed E-state index contributed by atoms with van der Waals surface area (Å²) < 4.78 is 22.9. The molecular weight excluding hydrogens is 405 g/mol. The zero-order chi connectivity index (χ0) is 14.2. The van der Waals surface area contributed by atoms with Crippen molar-refractivity contribution in [3.05, 3.63) is 20.9 Å². The summed E-state index contributed by atoms with van der Waals surface area (Å²) in [6.45, 7) is 0.291. The first-order valence-electron chi connectivity index (χ1n) is 5.39. The van der Waals surface area contributed by atoms with Gasteiger partial charge in [0.1, 0.15) is 11.0 Å². The second kappa shape index (κ2) is 5.51. The molecule has 1 fully saturated rings. The van der Waals surface area contributed by atoms with Gasteiger partial charge in [-0.05, 0) is 34.7 Å². The van der Waals surface area contributed by atoms with Crippen molar-refractivity contribution in [2.75, 3.05) is 17.2 Å². The summed E-state index contributed by atoms with van der Waals surface area (Å²) in [4.78, 5) is 17.4. The SMILES string of the molecule is NS(=O)(=O)CC1CC(=O)N(c2ccc(I)c(Cl)n2)C1. The molecule has 1 unspecified atom stereocenters. The summed E-state index contributed by atoms with van der Waals surface area (Å²) in [7, 11) is -3.58. The second-order valence-electron chi connectivity index (χ2n) is 4.35. The molecule has 1 aliphatic heterocycles. The van der Waals surface area contributed by atoms with Gasteiger partial charge in [-0.15, -0.1) is 0 Å². The van der Waals surface area contributed by atoms with Gasteiger partial charge in [-0.1, -0.05) is 11.6 Å². The quantitative estimate of drug-likeness (QED) is 0.588. The van der Waals surface area contributed by atoms with Gasteiger partial charge in [-0.2, -0.15) is 0 Å². The van der Waals surface area contributed by atoms with E-state index in [1.807, 2.05) is 22.6 Å². The number of anilines is 1. The predicted octanol–water partition coefficient (Wildman–Crippen LogP) is 0.981. The predicted molar refractivity (Wildman–Crippen MR) is 80.4 cm³/mol. The number of aromatic nitrogens is 1. The average Bonchev–Trinajstić information content (AvgIpc) is 2.61. The Labute approximate surface area is 129 Å². The number of hydrogen-bond acceptors (Lipinski definition) is 4. The van der Waals surface area contributed by atoms with Gasteiger partial charge >= 0.3 is 0 Å². The molecule has 1 aliphatic rings. The molecule has 0 spiro atoms. The number of halogens is 2.